The molecule has 2 atom stereocenters. The van der Waals surface area contributed by atoms with Crippen LogP contribution < -0.4 is 5.32 Å². The number of carbonyl (C=O) groups is 1. The first-order valence-electron chi connectivity index (χ1n) is 6.61. The highest BCUT2D eigenvalue weighted by Crippen LogP contribution is 2.20. The van der Waals surface area contributed by atoms with Crippen LogP contribution in [0.1, 0.15) is 42.1 Å². The van der Waals surface area contributed by atoms with Gasteiger partial charge in [-0.05, 0) is 19.8 Å². The normalized spacial score (nSPS) is 24.3. The number of nitrogens with one attached hydrogen (secondary N) is 1. The largest absolute Gasteiger partial charge is 0.332 e. The fourth-order valence-corrected chi connectivity index (χ4v) is 3.15. The molecular formula is C13H21N3OS. The van der Waals surface area contributed by atoms with Gasteiger partial charge in [-0.1, -0.05) is 13.8 Å². The minimum atomic E-state index is 0.154. The molecule has 4 nitrogen and oxygen atoms in total. The van der Waals surface area contributed by atoms with Crippen LogP contribution in [0.5, 0.6) is 0 Å². The maximum absolute atomic E-state index is 12.6. The summed E-state index contributed by atoms with van der Waals surface area (Å²) in [4.78, 5) is 19.6. The van der Waals surface area contributed by atoms with Crippen LogP contribution >= 0.6 is 11.3 Å². The number of aromatic nitrogens is 1. The second-order valence-electron chi connectivity index (χ2n) is 4.80. The lowest BCUT2D eigenvalue weighted by molar-refractivity contribution is 0.0580. The summed E-state index contributed by atoms with van der Waals surface area (Å²) in [6, 6.07) is 0.728. The van der Waals surface area contributed by atoms with Gasteiger partial charge in [-0.2, -0.15) is 0 Å². The zero-order valence-electron chi connectivity index (χ0n) is 11.3. The van der Waals surface area contributed by atoms with Gasteiger partial charge in [-0.3, -0.25) is 4.79 Å². The average Bonchev–Trinajstić information content (AvgIpc) is 2.83. The number of thiazole rings is 1. The Morgan fingerprint density at radius 1 is 1.56 bits per heavy atom. The first-order chi connectivity index (χ1) is 8.67. The van der Waals surface area contributed by atoms with Crippen molar-refractivity contribution < 1.29 is 4.79 Å². The smallest absolute Gasteiger partial charge is 0.266 e. The van der Waals surface area contributed by atoms with E-state index in [1.807, 2.05) is 11.8 Å². The molecule has 1 saturated heterocycles. The third kappa shape index (κ3) is 2.57. The summed E-state index contributed by atoms with van der Waals surface area (Å²) in [5.74, 6) is 0.154. The molecule has 1 aliphatic heterocycles. The van der Waals surface area contributed by atoms with Crippen LogP contribution in [0, 0.1) is 6.92 Å². The van der Waals surface area contributed by atoms with Gasteiger partial charge in [0.1, 0.15) is 4.88 Å². The molecular weight excluding hydrogens is 246 g/mol. The first-order valence-corrected chi connectivity index (χ1v) is 7.49. The minimum absolute atomic E-state index is 0.154. The van der Waals surface area contributed by atoms with Gasteiger partial charge in [-0.25, -0.2) is 4.98 Å². The lowest BCUT2D eigenvalue weighted by Crippen LogP contribution is -2.57. The summed E-state index contributed by atoms with van der Waals surface area (Å²) in [5.41, 5.74) is 2.61. The standard InChI is InChI=1S/C13H21N3OS/c1-4-10-7-16(11(5-2)6-14-10)13(17)12-9(3)15-8-18-12/h8,10-11,14H,4-7H2,1-3H3. The molecule has 0 radical (unpaired) electrons. The molecule has 1 fully saturated rings. The molecule has 100 valence electrons. The topological polar surface area (TPSA) is 45.2 Å². The molecule has 18 heavy (non-hydrogen) atoms. The Labute approximate surface area is 112 Å². The van der Waals surface area contributed by atoms with Gasteiger partial charge in [-0.15, -0.1) is 11.3 Å². The zero-order valence-corrected chi connectivity index (χ0v) is 12.1. The number of nitrogens with zero attached hydrogens (tertiary/aromatic N) is 2. The van der Waals surface area contributed by atoms with Crippen LogP contribution in [0.2, 0.25) is 0 Å². The van der Waals surface area contributed by atoms with Crippen LogP contribution in [0.4, 0.5) is 0 Å². The van der Waals surface area contributed by atoms with Gasteiger partial charge in [0.25, 0.3) is 5.91 Å². The molecule has 1 aromatic heterocycles. The molecule has 0 aromatic carbocycles. The predicted octanol–water partition coefficient (Wildman–Crippen LogP) is 2.05. The third-order valence-electron chi connectivity index (χ3n) is 3.66. The Morgan fingerprint density at radius 2 is 2.33 bits per heavy atom. The summed E-state index contributed by atoms with van der Waals surface area (Å²) < 4.78 is 0. The molecule has 1 aromatic rings. The number of aryl methyl sites for hydroxylation is 1. The molecule has 0 spiro atoms. The van der Waals surface area contributed by atoms with E-state index < -0.39 is 0 Å². The van der Waals surface area contributed by atoms with Crippen molar-refractivity contribution in [2.45, 2.75) is 45.7 Å². The van der Waals surface area contributed by atoms with E-state index in [0.29, 0.717) is 12.1 Å². The van der Waals surface area contributed by atoms with Crippen molar-refractivity contribution in [2.75, 3.05) is 13.1 Å². The lowest BCUT2D eigenvalue weighted by atomic mass is 10.0. The van der Waals surface area contributed by atoms with Crippen molar-refractivity contribution >= 4 is 17.2 Å². The molecule has 1 N–H and O–H groups in total. The van der Waals surface area contributed by atoms with Crippen LogP contribution in [0.25, 0.3) is 0 Å². The minimum Gasteiger partial charge on any atom is -0.332 e. The Kier molecular flexibility index (Phi) is 4.35. The average molecular weight is 267 g/mol. The van der Waals surface area contributed by atoms with Crippen molar-refractivity contribution in [3.63, 3.8) is 0 Å². The van der Waals surface area contributed by atoms with Crippen molar-refractivity contribution in [2.24, 2.45) is 0 Å². The maximum Gasteiger partial charge on any atom is 0.266 e. The lowest BCUT2D eigenvalue weighted by Gasteiger charge is -2.39. The molecule has 1 aliphatic rings. The van der Waals surface area contributed by atoms with Gasteiger partial charge in [0.2, 0.25) is 0 Å². The van der Waals surface area contributed by atoms with Crippen molar-refractivity contribution in [1.29, 1.82) is 0 Å². The Bertz CT molecular complexity index is 418. The van der Waals surface area contributed by atoms with Gasteiger partial charge in [0, 0.05) is 25.2 Å². The second kappa shape index (κ2) is 5.80. The molecule has 2 heterocycles. The Hall–Kier alpha value is -0.940. The van der Waals surface area contributed by atoms with E-state index in [9.17, 15) is 4.79 Å². The molecule has 1 amide bonds. The quantitative estimate of drug-likeness (QED) is 0.911. The summed E-state index contributed by atoms with van der Waals surface area (Å²) in [5, 5.41) is 3.51. The molecule has 0 saturated carbocycles. The monoisotopic (exact) mass is 267 g/mol. The van der Waals surface area contributed by atoms with E-state index in [4.69, 9.17) is 0 Å². The fraction of sp³-hybridized carbons (Fsp3) is 0.692. The van der Waals surface area contributed by atoms with Crippen LogP contribution in [0.3, 0.4) is 0 Å². The molecule has 2 unspecified atom stereocenters. The van der Waals surface area contributed by atoms with E-state index in [-0.39, 0.29) is 5.91 Å². The SMILES string of the molecule is CCC1CN(C(=O)c2scnc2C)C(CC)CN1. The molecule has 0 bridgehead atoms. The van der Waals surface area contributed by atoms with Gasteiger partial charge >= 0.3 is 0 Å². The maximum atomic E-state index is 12.6. The van der Waals surface area contributed by atoms with Gasteiger partial charge in [0.15, 0.2) is 0 Å². The molecule has 5 heteroatoms. The number of rotatable bonds is 3. The number of amides is 1. The van der Waals surface area contributed by atoms with Crippen LogP contribution in [-0.4, -0.2) is 41.0 Å². The number of hydrogen-bond donors (Lipinski definition) is 1. The highest BCUT2D eigenvalue weighted by molar-refractivity contribution is 7.11. The number of carbonyl (C=O) groups excluding carboxylic acids is 1. The second-order valence-corrected chi connectivity index (χ2v) is 5.65. The van der Waals surface area contributed by atoms with E-state index in [1.165, 1.54) is 11.3 Å². The van der Waals surface area contributed by atoms with Crippen molar-refractivity contribution in [1.82, 2.24) is 15.2 Å². The Balaban J connectivity index is 2.17. The summed E-state index contributed by atoms with van der Waals surface area (Å²) in [6.45, 7) is 7.91. The molecule has 2 rings (SSSR count). The van der Waals surface area contributed by atoms with E-state index >= 15 is 0 Å². The van der Waals surface area contributed by atoms with Crippen LogP contribution in [0.15, 0.2) is 5.51 Å². The summed E-state index contributed by atoms with van der Waals surface area (Å²) in [7, 11) is 0. The number of piperazine rings is 1. The van der Waals surface area contributed by atoms with Gasteiger partial charge in [0.05, 0.1) is 11.2 Å². The predicted molar refractivity (Wildman–Crippen MR) is 74.0 cm³/mol. The van der Waals surface area contributed by atoms with E-state index in [1.54, 1.807) is 5.51 Å². The van der Waals surface area contributed by atoms with Crippen LogP contribution in [-0.2, 0) is 0 Å². The zero-order chi connectivity index (χ0) is 13.1. The summed E-state index contributed by atoms with van der Waals surface area (Å²) in [6.07, 6.45) is 2.05. The summed E-state index contributed by atoms with van der Waals surface area (Å²) >= 11 is 1.45. The van der Waals surface area contributed by atoms with E-state index in [0.717, 1.165) is 36.5 Å². The fourth-order valence-electron chi connectivity index (χ4n) is 2.39. The highest BCUT2D eigenvalue weighted by Gasteiger charge is 2.31. The number of hydrogen-bond acceptors (Lipinski definition) is 4. The van der Waals surface area contributed by atoms with Crippen molar-refractivity contribution in [3.8, 4) is 0 Å². The molecule has 0 aliphatic carbocycles. The Morgan fingerprint density at radius 3 is 2.89 bits per heavy atom. The van der Waals surface area contributed by atoms with Crippen molar-refractivity contribution in [3.05, 3.63) is 16.1 Å². The highest BCUT2D eigenvalue weighted by atomic mass is 32.1. The third-order valence-corrected chi connectivity index (χ3v) is 4.58. The van der Waals surface area contributed by atoms with Gasteiger partial charge < -0.3 is 10.2 Å². The van der Waals surface area contributed by atoms with E-state index in [2.05, 4.69) is 24.1 Å². The first kappa shape index (κ1) is 13.5.